The van der Waals surface area contributed by atoms with Crippen molar-refractivity contribution in [1.29, 1.82) is 0 Å². The predicted molar refractivity (Wildman–Crippen MR) is 54.6 cm³/mol. The summed E-state index contributed by atoms with van der Waals surface area (Å²) in [6.07, 6.45) is 3.29. The standard InChI is InChI=1S/C10H18N2O2/c1-4-10(13)11(2)9-5-7-12(14-3)8-6-9/h4,9H,1,5-8H2,2-3H3. The Kier molecular flexibility index (Phi) is 4.10. The van der Waals surface area contributed by atoms with Crippen molar-refractivity contribution in [3.05, 3.63) is 12.7 Å². The molecule has 0 unspecified atom stereocenters. The molecular weight excluding hydrogens is 180 g/mol. The van der Waals surface area contributed by atoms with Crippen LogP contribution in [0.2, 0.25) is 0 Å². The molecule has 4 heteroatoms. The summed E-state index contributed by atoms with van der Waals surface area (Å²) in [7, 11) is 3.51. The van der Waals surface area contributed by atoms with Crippen LogP contribution in [0.3, 0.4) is 0 Å². The summed E-state index contributed by atoms with van der Waals surface area (Å²) in [5, 5.41) is 1.92. The van der Waals surface area contributed by atoms with Crippen molar-refractivity contribution in [3.63, 3.8) is 0 Å². The van der Waals surface area contributed by atoms with E-state index in [0.717, 1.165) is 25.9 Å². The van der Waals surface area contributed by atoms with E-state index in [-0.39, 0.29) is 5.91 Å². The Labute approximate surface area is 85.1 Å². The molecule has 0 radical (unpaired) electrons. The highest BCUT2D eigenvalue weighted by Gasteiger charge is 2.23. The molecule has 0 spiro atoms. The summed E-state index contributed by atoms with van der Waals surface area (Å²) >= 11 is 0. The topological polar surface area (TPSA) is 32.8 Å². The molecule has 0 aliphatic carbocycles. The van der Waals surface area contributed by atoms with Crippen molar-refractivity contribution in [2.75, 3.05) is 27.2 Å². The fraction of sp³-hybridized carbons (Fsp3) is 0.700. The zero-order valence-corrected chi connectivity index (χ0v) is 8.90. The number of amides is 1. The number of piperidine rings is 1. The van der Waals surface area contributed by atoms with E-state index >= 15 is 0 Å². The first-order valence-electron chi connectivity index (χ1n) is 4.87. The van der Waals surface area contributed by atoms with Crippen LogP contribution < -0.4 is 0 Å². The molecule has 0 bridgehead atoms. The summed E-state index contributed by atoms with van der Waals surface area (Å²) in [5.41, 5.74) is 0. The van der Waals surface area contributed by atoms with Crippen molar-refractivity contribution < 1.29 is 9.63 Å². The number of hydroxylamine groups is 2. The maximum atomic E-state index is 11.3. The first-order valence-corrected chi connectivity index (χ1v) is 4.87. The van der Waals surface area contributed by atoms with Gasteiger partial charge in [0.25, 0.3) is 0 Å². The van der Waals surface area contributed by atoms with Crippen LogP contribution in [-0.2, 0) is 9.63 Å². The first kappa shape index (κ1) is 11.2. The first-order chi connectivity index (χ1) is 6.69. The minimum absolute atomic E-state index is 0.000803. The summed E-state index contributed by atoms with van der Waals surface area (Å²) < 4.78 is 0. The van der Waals surface area contributed by atoms with Gasteiger partial charge in [0.05, 0.1) is 7.11 Å². The van der Waals surface area contributed by atoms with Crippen LogP contribution >= 0.6 is 0 Å². The molecule has 4 nitrogen and oxygen atoms in total. The Bertz CT molecular complexity index is 210. The van der Waals surface area contributed by atoms with Gasteiger partial charge in [0.1, 0.15) is 0 Å². The summed E-state index contributed by atoms with van der Waals surface area (Å²) in [6, 6.07) is 0.326. The SMILES string of the molecule is C=CC(=O)N(C)C1CCN(OC)CC1. The molecule has 1 amide bonds. The van der Waals surface area contributed by atoms with Crippen molar-refractivity contribution >= 4 is 5.91 Å². The molecule has 80 valence electrons. The van der Waals surface area contributed by atoms with Crippen LogP contribution in [0.25, 0.3) is 0 Å². The molecule has 0 saturated carbocycles. The van der Waals surface area contributed by atoms with Gasteiger partial charge in [-0.2, -0.15) is 5.06 Å². The summed E-state index contributed by atoms with van der Waals surface area (Å²) in [5.74, 6) is 0.000803. The summed E-state index contributed by atoms with van der Waals surface area (Å²) in [6.45, 7) is 5.25. The fourth-order valence-corrected chi connectivity index (χ4v) is 1.74. The molecule has 0 aromatic rings. The highest BCUT2D eigenvalue weighted by Crippen LogP contribution is 2.15. The largest absolute Gasteiger partial charge is 0.339 e. The molecule has 0 N–H and O–H groups in total. The number of nitrogens with zero attached hydrogens (tertiary/aromatic N) is 2. The number of rotatable bonds is 3. The third kappa shape index (κ3) is 2.56. The Hall–Kier alpha value is -0.870. The Balaban J connectivity index is 2.41. The van der Waals surface area contributed by atoms with Crippen molar-refractivity contribution in [2.45, 2.75) is 18.9 Å². The van der Waals surface area contributed by atoms with Gasteiger partial charge >= 0.3 is 0 Å². The summed E-state index contributed by atoms with van der Waals surface area (Å²) in [4.78, 5) is 18.2. The van der Waals surface area contributed by atoms with E-state index in [4.69, 9.17) is 4.84 Å². The highest BCUT2D eigenvalue weighted by molar-refractivity contribution is 5.87. The monoisotopic (exact) mass is 198 g/mol. The van der Waals surface area contributed by atoms with Crippen LogP contribution in [0.4, 0.5) is 0 Å². The third-order valence-electron chi connectivity index (χ3n) is 2.75. The van der Waals surface area contributed by atoms with Crippen molar-refractivity contribution in [1.82, 2.24) is 9.96 Å². The van der Waals surface area contributed by atoms with Gasteiger partial charge in [0.15, 0.2) is 0 Å². The van der Waals surface area contributed by atoms with E-state index in [2.05, 4.69) is 6.58 Å². The van der Waals surface area contributed by atoms with Gasteiger partial charge in [-0.1, -0.05) is 6.58 Å². The van der Waals surface area contributed by atoms with Crippen LogP contribution in [0, 0.1) is 0 Å². The highest BCUT2D eigenvalue weighted by atomic mass is 16.7. The number of carbonyl (C=O) groups is 1. The van der Waals surface area contributed by atoms with Crippen molar-refractivity contribution in [2.24, 2.45) is 0 Å². The fourth-order valence-electron chi connectivity index (χ4n) is 1.74. The Morgan fingerprint density at radius 2 is 2.14 bits per heavy atom. The van der Waals surface area contributed by atoms with Crippen LogP contribution in [0.5, 0.6) is 0 Å². The van der Waals surface area contributed by atoms with Crippen molar-refractivity contribution in [3.8, 4) is 0 Å². The second-order valence-electron chi connectivity index (χ2n) is 3.50. The third-order valence-corrected chi connectivity index (χ3v) is 2.75. The molecule has 1 heterocycles. The zero-order chi connectivity index (χ0) is 10.6. The predicted octanol–water partition coefficient (Wildman–Crippen LogP) is 0.657. The van der Waals surface area contributed by atoms with E-state index in [1.807, 2.05) is 12.1 Å². The number of hydrogen-bond donors (Lipinski definition) is 0. The lowest BCUT2D eigenvalue weighted by molar-refractivity contribution is -0.153. The molecule has 1 aliphatic rings. The van der Waals surface area contributed by atoms with Gasteiger partial charge in [-0.05, 0) is 18.9 Å². The number of hydrogen-bond acceptors (Lipinski definition) is 3. The molecule has 14 heavy (non-hydrogen) atoms. The average molecular weight is 198 g/mol. The molecular formula is C10H18N2O2. The van der Waals surface area contributed by atoms with E-state index in [1.54, 1.807) is 12.0 Å². The quantitative estimate of drug-likeness (QED) is 0.624. The van der Waals surface area contributed by atoms with Gasteiger partial charge in [-0.3, -0.25) is 4.79 Å². The molecule has 1 aliphatic heterocycles. The van der Waals surface area contributed by atoms with Gasteiger partial charge in [-0.15, -0.1) is 0 Å². The molecule has 1 saturated heterocycles. The average Bonchev–Trinajstić information content (AvgIpc) is 2.27. The van der Waals surface area contributed by atoms with E-state index in [0.29, 0.717) is 6.04 Å². The van der Waals surface area contributed by atoms with Gasteiger partial charge in [-0.25, -0.2) is 0 Å². The minimum atomic E-state index is 0.000803. The maximum absolute atomic E-state index is 11.3. The van der Waals surface area contributed by atoms with Gasteiger partial charge in [0.2, 0.25) is 5.91 Å². The zero-order valence-electron chi connectivity index (χ0n) is 8.90. The molecule has 1 rings (SSSR count). The maximum Gasteiger partial charge on any atom is 0.245 e. The van der Waals surface area contributed by atoms with E-state index in [9.17, 15) is 4.79 Å². The van der Waals surface area contributed by atoms with Crippen LogP contribution in [0.1, 0.15) is 12.8 Å². The van der Waals surface area contributed by atoms with Crippen LogP contribution in [-0.4, -0.2) is 49.2 Å². The second-order valence-corrected chi connectivity index (χ2v) is 3.50. The van der Waals surface area contributed by atoms with Gasteiger partial charge in [0, 0.05) is 26.2 Å². The molecule has 0 atom stereocenters. The van der Waals surface area contributed by atoms with E-state index < -0.39 is 0 Å². The lowest BCUT2D eigenvalue weighted by atomic mass is 10.1. The Morgan fingerprint density at radius 3 is 2.57 bits per heavy atom. The van der Waals surface area contributed by atoms with E-state index in [1.165, 1.54) is 6.08 Å². The van der Waals surface area contributed by atoms with Crippen LogP contribution in [0.15, 0.2) is 12.7 Å². The minimum Gasteiger partial charge on any atom is -0.339 e. The molecule has 0 aromatic carbocycles. The smallest absolute Gasteiger partial charge is 0.245 e. The van der Waals surface area contributed by atoms with Gasteiger partial charge < -0.3 is 9.74 Å². The molecule has 0 aromatic heterocycles. The number of carbonyl (C=O) groups excluding carboxylic acids is 1. The lowest BCUT2D eigenvalue weighted by Crippen LogP contribution is -2.44. The normalized spacial score (nSPS) is 19.3. The lowest BCUT2D eigenvalue weighted by Gasteiger charge is -2.35. The number of likely N-dealkylation sites (N-methyl/N-ethyl adjacent to an activating group) is 1. The Morgan fingerprint density at radius 1 is 1.57 bits per heavy atom. The molecule has 1 fully saturated rings. The second kappa shape index (κ2) is 5.12.